The molecule has 0 unspecified atom stereocenters. The van der Waals surface area contributed by atoms with Gasteiger partial charge in [0.2, 0.25) is 5.91 Å². The van der Waals surface area contributed by atoms with Gasteiger partial charge in [0.1, 0.15) is 24.3 Å². The summed E-state index contributed by atoms with van der Waals surface area (Å²) in [6.45, 7) is 13.3. The van der Waals surface area contributed by atoms with Gasteiger partial charge in [-0.3, -0.25) is 9.69 Å². The van der Waals surface area contributed by atoms with Gasteiger partial charge in [-0.25, -0.2) is 9.59 Å². The molecule has 2 atom stereocenters. The Kier molecular flexibility index (Phi) is 9.47. The molecule has 2 aromatic rings. The van der Waals surface area contributed by atoms with E-state index in [4.69, 9.17) is 9.47 Å². The number of hydrogen-bond acceptors (Lipinski definition) is 5. The van der Waals surface area contributed by atoms with Gasteiger partial charge in [-0.15, -0.1) is 0 Å². The zero-order chi connectivity index (χ0) is 29.1. The first-order valence-corrected chi connectivity index (χ1v) is 13.8. The van der Waals surface area contributed by atoms with Crippen LogP contribution in [0.3, 0.4) is 0 Å². The van der Waals surface area contributed by atoms with Gasteiger partial charge in [-0.2, -0.15) is 0 Å². The Morgan fingerprint density at radius 2 is 1.36 bits per heavy atom. The van der Waals surface area contributed by atoms with Crippen molar-refractivity contribution in [1.29, 1.82) is 0 Å². The maximum atomic E-state index is 13.8. The Bertz CT molecular complexity index is 1140. The fraction of sp³-hybridized carbons (Fsp3) is 0.531. The van der Waals surface area contributed by atoms with E-state index in [-0.39, 0.29) is 30.3 Å². The molecule has 0 radical (unpaired) electrons. The Morgan fingerprint density at radius 3 is 1.82 bits per heavy atom. The van der Waals surface area contributed by atoms with Crippen molar-refractivity contribution in [2.24, 2.45) is 11.8 Å². The number of hydrogen-bond donors (Lipinski definition) is 0. The number of benzene rings is 2. The van der Waals surface area contributed by atoms with Gasteiger partial charge in [-0.05, 0) is 61.3 Å². The van der Waals surface area contributed by atoms with E-state index in [9.17, 15) is 14.4 Å². The average Bonchev–Trinajstić information content (AvgIpc) is 3.17. The molecule has 39 heavy (non-hydrogen) atoms. The minimum Gasteiger partial charge on any atom is -0.458 e. The third-order valence-electron chi connectivity index (χ3n) is 7.12. The lowest BCUT2D eigenvalue weighted by Gasteiger charge is -2.36. The van der Waals surface area contributed by atoms with Crippen molar-refractivity contribution in [3.8, 4) is 11.1 Å². The van der Waals surface area contributed by atoms with E-state index < -0.39 is 29.7 Å². The van der Waals surface area contributed by atoms with Crippen molar-refractivity contribution in [2.45, 2.75) is 78.5 Å². The number of carbonyl (C=O) groups excluding carboxylic acids is 3. The quantitative estimate of drug-likeness (QED) is 0.362. The van der Waals surface area contributed by atoms with E-state index in [0.29, 0.717) is 6.42 Å². The predicted molar refractivity (Wildman–Crippen MR) is 153 cm³/mol. The highest BCUT2D eigenvalue weighted by Gasteiger charge is 2.39. The van der Waals surface area contributed by atoms with E-state index in [1.165, 1.54) is 9.80 Å². The number of rotatable bonds is 9. The third-order valence-corrected chi connectivity index (χ3v) is 7.12. The van der Waals surface area contributed by atoms with Gasteiger partial charge in [-0.1, -0.05) is 76.2 Å². The van der Waals surface area contributed by atoms with Crippen molar-refractivity contribution in [3.63, 3.8) is 0 Å². The van der Waals surface area contributed by atoms with E-state index >= 15 is 0 Å². The molecule has 0 heterocycles. The Morgan fingerprint density at radius 1 is 0.846 bits per heavy atom. The fourth-order valence-electron chi connectivity index (χ4n) is 5.31. The standard InChI is InChI=1S/C32H44N2O5/c1-20(2)18-27(29(35)34(9)28(21(3)4)30(36)39-32(5,6)7)33(8)31(37)38-19-26-24-16-12-10-14-22(24)23-15-11-13-17-25(23)26/h10-17,20-21,26-28H,18-19H2,1-9H3/t27-,28-/m0/s1. The summed E-state index contributed by atoms with van der Waals surface area (Å²) in [6, 6.07) is 14.8. The molecule has 1 aliphatic rings. The second-order valence-corrected chi connectivity index (χ2v) is 12.2. The average molecular weight is 537 g/mol. The zero-order valence-corrected chi connectivity index (χ0v) is 24.9. The largest absolute Gasteiger partial charge is 0.458 e. The summed E-state index contributed by atoms with van der Waals surface area (Å²) >= 11 is 0. The molecule has 0 N–H and O–H groups in total. The molecule has 0 aliphatic heterocycles. The Labute approximate surface area is 233 Å². The maximum absolute atomic E-state index is 13.8. The number of amides is 2. The van der Waals surface area contributed by atoms with E-state index in [2.05, 4.69) is 24.3 Å². The number of likely N-dealkylation sites (N-methyl/N-ethyl adjacent to an activating group) is 2. The van der Waals surface area contributed by atoms with Crippen LogP contribution >= 0.6 is 0 Å². The summed E-state index contributed by atoms with van der Waals surface area (Å²) in [5.74, 6) is -0.887. The summed E-state index contributed by atoms with van der Waals surface area (Å²) in [5.41, 5.74) is 3.88. The summed E-state index contributed by atoms with van der Waals surface area (Å²) < 4.78 is 11.5. The van der Waals surface area contributed by atoms with Crippen LogP contribution in [0.2, 0.25) is 0 Å². The maximum Gasteiger partial charge on any atom is 0.410 e. The van der Waals surface area contributed by atoms with Gasteiger partial charge in [0, 0.05) is 20.0 Å². The second-order valence-electron chi connectivity index (χ2n) is 12.2. The Balaban J connectivity index is 1.78. The topological polar surface area (TPSA) is 76.2 Å². The number of esters is 1. The molecule has 1 aliphatic carbocycles. The molecule has 2 amide bonds. The van der Waals surface area contributed by atoms with Gasteiger partial charge in [0.15, 0.2) is 0 Å². The van der Waals surface area contributed by atoms with Crippen molar-refractivity contribution < 1.29 is 23.9 Å². The normalized spacial score (nSPS) is 14.4. The first-order valence-electron chi connectivity index (χ1n) is 13.8. The molecule has 0 aromatic heterocycles. The van der Waals surface area contributed by atoms with Gasteiger partial charge in [0.25, 0.3) is 0 Å². The first-order chi connectivity index (χ1) is 18.2. The number of fused-ring (bicyclic) bond motifs is 3. The van der Waals surface area contributed by atoms with Crippen molar-refractivity contribution >= 4 is 18.0 Å². The minimum atomic E-state index is -0.783. The van der Waals surface area contributed by atoms with Gasteiger partial charge >= 0.3 is 12.1 Å². The van der Waals surface area contributed by atoms with E-state index in [1.807, 2.05) is 52.0 Å². The number of nitrogens with zero attached hydrogens (tertiary/aromatic N) is 2. The van der Waals surface area contributed by atoms with Crippen molar-refractivity contribution in [1.82, 2.24) is 9.80 Å². The second kappa shape index (κ2) is 12.2. The molecule has 212 valence electrons. The summed E-state index contributed by atoms with van der Waals surface area (Å²) in [6.07, 6.45) is -0.133. The van der Waals surface area contributed by atoms with Crippen LogP contribution in [0.15, 0.2) is 48.5 Å². The number of carbonyl (C=O) groups is 3. The summed E-state index contributed by atoms with van der Waals surface area (Å²) in [7, 11) is 3.20. The number of ether oxygens (including phenoxy) is 2. The highest BCUT2D eigenvalue weighted by Crippen LogP contribution is 2.44. The highest BCUT2D eigenvalue weighted by molar-refractivity contribution is 5.90. The van der Waals surface area contributed by atoms with Crippen LogP contribution in [0.1, 0.15) is 71.9 Å². The van der Waals surface area contributed by atoms with Crippen LogP contribution in [-0.4, -0.2) is 66.2 Å². The van der Waals surface area contributed by atoms with Crippen LogP contribution in [0.5, 0.6) is 0 Å². The van der Waals surface area contributed by atoms with Gasteiger partial charge < -0.3 is 14.4 Å². The molecule has 3 rings (SSSR count). The van der Waals surface area contributed by atoms with Crippen LogP contribution in [0.4, 0.5) is 4.79 Å². The minimum absolute atomic E-state index is 0.0748. The molecule has 7 nitrogen and oxygen atoms in total. The summed E-state index contributed by atoms with van der Waals surface area (Å²) in [5, 5.41) is 0. The zero-order valence-electron chi connectivity index (χ0n) is 24.9. The third kappa shape index (κ3) is 7.00. The lowest BCUT2D eigenvalue weighted by Crippen LogP contribution is -2.55. The summed E-state index contributed by atoms with van der Waals surface area (Å²) in [4.78, 5) is 43.0. The monoisotopic (exact) mass is 536 g/mol. The predicted octanol–water partition coefficient (Wildman–Crippen LogP) is 6.11. The fourth-order valence-corrected chi connectivity index (χ4v) is 5.31. The van der Waals surface area contributed by atoms with Crippen LogP contribution < -0.4 is 0 Å². The molecule has 0 saturated carbocycles. The molecule has 0 bridgehead atoms. The molecule has 0 spiro atoms. The van der Waals surface area contributed by atoms with Gasteiger partial charge in [0.05, 0.1) is 0 Å². The lowest BCUT2D eigenvalue weighted by molar-refractivity contribution is -0.166. The molecular formula is C32H44N2O5. The molecule has 7 heteroatoms. The molecule has 0 fully saturated rings. The SMILES string of the molecule is CC(C)C[C@@H](C(=O)N(C)[C@H](C(=O)OC(C)(C)C)C(C)C)N(C)C(=O)OCC1c2ccccc2-c2ccccc21. The van der Waals surface area contributed by atoms with Crippen molar-refractivity contribution in [2.75, 3.05) is 20.7 Å². The van der Waals surface area contributed by atoms with Crippen LogP contribution in [0.25, 0.3) is 11.1 Å². The first kappa shape index (κ1) is 30.2. The molecule has 0 saturated heterocycles. The Hall–Kier alpha value is -3.35. The van der Waals surface area contributed by atoms with E-state index in [0.717, 1.165) is 22.3 Å². The highest BCUT2D eigenvalue weighted by atomic mass is 16.6. The van der Waals surface area contributed by atoms with Crippen LogP contribution in [0, 0.1) is 11.8 Å². The van der Waals surface area contributed by atoms with E-state index in [1.54, 1.807) is 34.9 Å². The smallest absolute Gasteiger partial charge is 0.410 e. The lowest BCUT2D eigenvalue weighted by atomic mass is 9.98. The molecular weight excluding hydrogens is 492 g/mol. The van der Waals surface area contributed by atoms with Crippen LogP contribution in [-0.2, 0) is 19.1 Å². The molecule has 2 aromatic carbocycles. The van der Waals surface area contributed by atoms with Crippen molar-refractivity contribution in [3.05, 3.63) is 59.7 Å².